The minimum atomic E-state index is -1.05. The number of rotatable bonds is 2. The third-order valence-corrected chi connectivity index (χ3v) is 3.62. The summed E-state index contributed by atoms with van der Waals surface area (Å²) in [5.41, 5.74) is 0.148. The Labute approximate surface area is 105 Å². The van der Waals surface area contributed by atoms with Gasteiger partial charge in [-0.15, -0.1) is 0 Å². The SMILES string of the molecule is OC(c1c(I)ccnc1F)[C@@H]1C[C@@H](F)CN1. The molecule has 3 atom stereocenters. The van der Waals surface area contributed by atoms with E-state index in [0.29, 0.717) is 3.57 Å². The molecule has 0 saturated carbocycles. The first-order valence-corrected chi connectivity index (χ1v) is 6.03. The minimum Gasteiger partial charge on any atom is -0.387 e. The molecule has 0 bridgehead atoms. The van der Waals surface area contributed by atoms with E-state index in [9.17, 15) is 13.9 Å². The fraction of sp³-hybridized carbons (Fsp3) is 0.500. The lowest BCUT2D eigenvalue weighted by Crippen LogP contribution is -2.30. The lowest BCUT2D eigenvalue weighted by Gasteiger charge is -2.19. The van der Waals surface area contributed by atoms with Crippen molar-refractivity contribution in [3.8, 4) is 0 Å². The zero-order chi connectivity index (χ0) is 11.7. The lowest BCUT2D eigenvalue weighted by molar-refractivity contribution is 0.128. The van der Waals surface area contributed by atoms with Gasteiger partial charge in [0.2, 0.25) is 5.95 Å². The van der Waals surface area contributed by atoms with Crippen LogP contribution in [0.1, 0.15) is 18.1 Å². The van der Waals surface area contributed by atoms with Crippen LogP contribution in [0.15, 0.2) is 12.3 Å². The molecule has 1 aromatic heterocycles. The number of alkyl halides is 1. The second-order valence-electron chi connectivity index (χ2n) is 3.79. The molecule has 0 radical (unpaired) electrons. The minimum absolute atomic E-state index is 0.148. The van der Waals surface area contributed by atoms with Crippen molar-refractivity contribution in [3.63, 3.8) is 0 Å². The Morgan fingerprint density at radius 1 is 1.62 bits per heavy atom. The van der Waals surface area contributed by atoms with Gasteiger partial charge in [-0.25, -0.2) is 9.37 Å². The van der Waals surface area contributed by atoms with Crippen LogP contribution in [-0.2, 0) is 0 Å². The number of hydrogen-bond donors (Lipinski definition) is 2. The number of aliphatic hydroxyl groups excluding tert-OH is 1. The molecule has 2 N–H and O–H groups in total. The van der Waals surface area contributed by atoms with Crippen molar-refractivity contribution in [1.82, 2.24) is 10.3 Å². The van der Waals surface area contributed by atoms with Crippen LogP contribution in [0, 0.1) is 9.52 Å². The molecule has 1 aliphatic heterocycles. The van der Waals surface area contributed by atoms with Gasteiger partial charge in [0.25, 0.3) is 0 Å². The van der Waals surface area contributed by atoms with Crippen LogP contribution < -0.4 is 5.32 Å². The van der Waals surface area contributed by atoms with Crippen LogP contribution in [0.5, 0.6) is 0 Å². The summed E-state index contributed by atoms with van der Waals surface area (Å²) in [4.78, 5) is 3.50. The number of halogens is 3. The fourth-order valence-electron chi connectivity index (χ4n) is 1.85. The van der Waals surface area contributed by atoms with Gasteiger partial charge in [0, 0.05) is 22.4 Å². The van der Waals surface area contributed by atoms with Gasteiger partial charge in [-0.05, 0) is 35.1 Å². The van der Waals surface area contributed by atoms with E-state index in [1.54, 1.807) is 6.07 Å². The molecule has 0 aromatic carbocycles. The Hall–Kier alpha value is -0.340. The average molecular weight is 340 g/mol. The molecule has 88 valence electrons. The number of nitrogens with one attached hydrogen (secondary N) is 1. The molecule has 0 aliphatic carbocycles. The van der Waals surface area contributed by atoms with Crippen LogP contribution in [-0.4, -0.2) is 28.8 Å². The highest BCUT2D eigenvalue weighted by Gasteiger charge is 2.32. The standard InChI is InChI=1S/C10H11F2IN2O/c11-5-3-7(15-4-5)9(16)8-6(13)1-2-14-10(8)12/h1-2,5,7,9,15-16H,3-4H2/t5-,7+,9?/m1/s1. The number of aliphatic hydroxyl groups is 1. The van der Waals surface area contributed by atoms with Gasteiger partial charge in [0.1, 0.15) is 6.17 Å². The fourth-order valence-corrected chi connectivity index (χ4v) is 2.55. The predicted molar refractivity (Wildman–Crippen MR) is 63.2 cm³/mol. The first-order valence-electron chi connectivity index (χ1n) is 4.95. The number of pyridine rings is 1. The van der Waals surface area contributed by atoms with Gasteiger partial charge in [-0.3, -0.25) is 0 Å². The van der Waals surface area contributed by atoms with E-state index in [0.717, 1.165) is 0 Å². The Kier molecular flexibility index (Phi) is 3.70. The van der Waals surface area contributed by atoms with E-state index in [1.807, 2.05) is 22.6 Å². The summed E-state index contributed by atoms with van der Waals surface area (Å²) in [6, 6.07) is 1.17. The van der Waals surface area contributed by atoms with Gasteiger partial charge in [-0.2, -0.15) is 4.39 Å². The molecule has 1 fully saturated rings. The van der Waals surface area contributed by atoms with Gasteiger partial charge in [0.15, 0.2) is 0 Å². The largest absolute Gasteiger partial charge is 0.387 e. The molecule has 1 unspecified atom stereocenters. The van der Waals surface area contributed by atoms with Crippen molar-refractivity contribution in [3.05, 3.63) is 27.3 Å². The summed E-state index contributed by atoms with van der Waals surface area (Å²) in [5, 5.41) is 12.8. The second-order valence-corrected chi connectivity index (χ2v) is 4.95. The van der Waals surface area contributed by atoms with Crippen molar-refractivity contribution in [2.75, 3.05) is 6.54 Å². The van der Waals surface area contributed by atoms with Crippen LogP contribution in [0.3, 0.4) is 0 Å². The Balaban J connectivity index is 2.23. The highest BCUT2D eigenvalue weighted by atomic mass is 127. The normalized spacial score (nSPS) is 27.0. The van der Waals surface area contributed by atoms with Crippen molar-refractivity contribution >= 4 is 22.6 Å². The van der Waals surface area contributed by atoms with Crippen LogP contribution >= 0.6 is 22.6 Å². The van der Waals surface area contributed by atoms with E-state index in [-0.39, 0.29) is 18.5 Å². The van der Waals surface area contributed by atoms with E-state index in [2.05, 4.69) is 10.3 Å². The van der Waals surface area contributed by atoms with E-state index < -0.39 is 24.3 Å². The zero-order valence-electron chi connectivity index (χ0n) is 8.33. The molecule has 0 spiro atoms. The summed E-state index contributed by atoms with van der Waals surface area (Å²) in [6.45, 7) is 0.209. The van der Waals surface area contributed by atoms with E-state index in [1.165, 1.54) is 6.20 Å². The van der Waals surface area contributed by atoms with Crippen LogP contribution in [0.4, 0.5) is 8.78 Å². The lowest BCUT2D eigenvalue weighted by atomic mass is 10.0. The van der Waals surface area contributed by atoms with Crippen molar-refractivity contribution in [2.24, 2.45) is 0 Å². The molecule has 16 heavy (non-hydrogen) atoms. The second kappa shape index (κ2) is 4.89. The summed E-state index contributed by atoms with van der Waals surface area (Å²) in [7, 11) is 0. The highest BCUT2D eigenvalue weighted by Crippen LogP contribution is 2.28. The maximum Gasteiger partial charge on any atom is 0.219 e. The molecular formula is C10H11F2IN2O. The van der Waals surface area contributed by atoms with Gasteiger partial charge >= 0.3 is 0 Å². The summed E-state index contributed by atoms with van der Waals surface area (Å²) in [6.07, 6.45) is -0.489. The molecule has 2 rings (SSSR count). The highest BCUT2D eigenvalue weighted by molar-refractivity contribution is 14.1. The molecule has 3 nitrogen and oxygen atoms in total. The third kappa shape index (κ3) is 2.33. The summed E-state index contributed by atoms with van der Waals surface area (Å²) in [5.74, 6) is -0.691. The molecule has 2 heterocycles. The molecule has 1 aromatic rings. The number of aromatic nitrogens is 1. The maximum absolute atomic E-state index is 13.5. The number of hydrogen-bond acceptors (Lipinski definition) is 3. The third-order valence-electron chi connectivity index (χ3n) is 2.68. The van der Waals surface area contributed by atoms with Gasteiger partial charge < -0.3 is 10.4 Å². The molecule has 0 amide bonds. The Bertz CT molecular complexity index is 371. The Morgan fingerprint density at radius 2 is 2.38 bits per heavy atom. The van der Waals surface area contributed by atoms with Crippen LogP contribution in [0.25, 0.3) is 0 Å². The quantitative estimate of drug-likeness (QED) is 0.635. The summed E-state index contributed by atoms with van der Waals surface area (Å²) >= 11 is 1.93. The topological polar surface area (TPSA) is 45.2 Å². The molecular weight excluding hydrogens is 329 g/mol. The zero-order valence-corrected chi connectivity index (χ0v) is 10.5. The van der Waals surface area contributed by atoms with Gasteiger partial charge in [-0.1, -0.05) is 0 Å². The monoisotopic (exact) mass is 340 g/mol. The van der Waals surface area contributed by atoms with Gasteiger partial charge in [0.05, 0.1) is 11.7 Å². The van der Waals surface area contributed by atoms with Crippen LogP contribution in [0.2, 0.25) is 0 Å². The molecule has 6 heteroatoms. The van der Waals surface area contributed by atoms with Crippen molar-refractivity contribution in [2.45, 2.75) is 24.7 Å². The molecule has 1 saturated heterocycles. The average Bonchev–Trinajstić information content (AvgIpc) is 2.64. The maximum atomic E-state index is 13.5. The smallest absolute Gasteiger partial charge is 0.219 e. The first kappa shape index (κ1) is 12.1. The Morgan fingerprint density at radius 3 is 2.94 bits per heavy atom. The molecule has 1 aliphatic rings. The predicted octanol–water partition coefficient (Wildman–Crippen LogP) is 1.56. The van der Waals surface area contributed by atoms with Crippen molar-refractivity contribution < 1.29 is 13.9 Å². The van der Waals surface area contributed by atoms with E-state index in [4.69, 9.17) is 0 Å². The first-order chi connectivity index (χ1) is 7.59. The van der Waals surface area contributed by atoms with E-state index >= 15 is 0 Å². The van der Waals surface area contributed by atoms with Crippen molar-refractivity contribution in [1.29, 1.82) is 0 Å². The number of nitrogens with zero attached hydrogens (tertiary/aromatic N) is 1. The summed E-state index contributed by atoms with van der Waals surface area (Å²) < 4.78 is 27.0.